The molecule has 0 aromatic heterocycles. The number of fused-ring (bicyclic) bond motifs is 3. The van der Waals surface area contributed by atoms with Gasteiger partial charge in [0.1, 0.15) is 24.1 Å². The van der Waals surface area contributed by atoms with E-state index >= 15 is 0 Å². The third kappa shape index (κ3) is 8.57. The molecule has 12 heteroatoms. The van der Waals surface area contributed by atoms with Crippen molar-refractivity contribution in [3.8, 4) is 5.75 Å². The molecule has 5 N–H and O–H groups in total. The molecule has 0 bridgehead atoms. The molecule has 1 aromatic rings. The highest BCUT2D eigenvalue weighted by Gasteiger charge is 2.63. The summed E-state index contributed by atoms with van der Waals surface area (Å²) < 4.78 is 49.4. The Morgan fingerprint density at radius 1 is 1.13 bits per heavy atom. The molecule has 286 valence electrons. The van der Waals surface area contributed by atoms with Gasteiger partial charge in [0, 0.05) is 24.2 Å². The second kappa shape index (κ2) is 16.4. The predicted octanol–water partition coefficient (Wildman–Crippen LogP) is 5.39. The van der Waals surface area contributed by atoms with Gasteiger partial charge >= 0.3 is 12.1 Å². The fraction of sp³-hybridized carbons (Fsp3) is 0.600. The number of ether oxygens (including phenoxy) is 2. The lowest BCUT2D eigenvalue weighted by Crippen LogP contribution is -2.55. The third-order valence-corrected chi connectivity index (χ3v) is 11.9. The van der Waals surface area contributed by atoms with Crippen molar-refractivity contribution in [3.05, 3.63) is 77.9 Å². The summed E-state index contributed by atoms with van der Waals surface area (Å²) in [4.78, 5) is 25.8. The monoisotopic (exact) mass is 732 g/mol. The number of alkyl halides is 3. The van der Waals surface area contributed by atoms with Crippen molar-refractivity contribution in [2.24, 2.45) is 29.1 Å². The number of rotatable bonds is 14. The summed E-state index contributed by atoms with van der Waals surface area (Å²) in [5.41, 5.74) is -1.45. The number of benzene rings is 1. The van der Waals surface area contributed by atoms with E-state index in [1.807, 2.05) is 25.2 Å². The van der Waals surface area contributed by atoms with Crippen LogP contribution in [0.25, 0.3) is 0 Å². The van der Waals surface area contributed by atoms with Crippen molar-refractivity contribution in [2.75, 3.05) is 13.2 Å². The molecule has 0 saturated heterocycles. The Morgan fingerprint density at radius 3 is 2.65 bits per heavy atom. The first kappa shape index (κ1) is 39.9. The summed E-state index contributed by atoms with van der Waals surface area (Å²) in [7, 11) is 0. The van der Waals surface area contributed by atoms with Crippen LogP contribution < -0.4 is 4.74 Å². The smallest absolute Gasteiger partial charge is 0.416 e. The van der Waals surface area contributed by atoms with E-state index in [1.165, 1.54) is 18.2 Å². The molecular formula is C40H51F3O9. The molecule has 52 heavy (non-hydrogen) atoms. The van der Waals surface area contributed by atoms with E-state index < -0.39 is 71.4 Å². The minimum atomic E-state index is -4.52. The molecule has 3 fully saturated rings. The number of allylic oxidation sites excluding steroid dienone is 3. The third-order valence-electron chi connectivity index (χ3n) is 11.9. The van der Waals surface area contributed by atoms with Crippen LogP contribution in [0.5, 0.6) is 5.75 Å². The molecule has 1 unspecified atom stereocenters. The van der Waals surface area contributed by atoms with Crippen LogP contribution in [0.1, 0.15) is 76.7 Å². The normalized spacial score (nSPS) is 33.9. The maximum atomic E-state index is 13.3. The van der Waals surface area contributed by atoms with Gasteiger partial charge in [-0.3, -0.25) is 9.59 Å². The number of carbonyl (C=O) groups is 2. The van der Waals surface area contributed by atoms with E-state index in [0.717, 1.165) is 29.7 Å². The van der Waals surface area contributed by atoms with Crippen molar-refractivity contribution in [1.82, 2.24) is 0 Å². The number of halogens is 3. The predicted molar refractivity (Wildman–Crippen MR) is 186 cm³/mol. The van der Waals surface area contributed by atoms with E-state index in [-0.39, 0.29) is 49.4 Å². The van der Waals surface area contributed by atoms with Gasteiger partial charge in [-0.05, 0) is 98.5 Å². The van der Waals surface area contributed by atoms with Crippen molar-refractivity contribution in [3.63, 3.8) is 0 Å². The average Bonchev–Trinajstić information content (AvgIpc) is 3.54. The molecule has 0 radical (unpaired) electrons. The van der Waals surface area contributed by atoms with Crippen molar-refractivity contribution >= 4 is 11.8 Å². The summed E-state index contributed by atoms with van der Waals surface area (Å²) in [6.07, 6.45) is 5.24. The maximum Gasteiger partial charge on any atom is 0.416 e. The Labute approximate surface area is 302 Å². The minimum Gasteiger partial charge on any atom is -0.491 e. The molecule has 0 amide bonds. The van der Waals surface area contributed by atoms with Gasteiger partial charge in [-0.15, -0.1) is 0 Å². The standard InChI is InChI=1S/C40H51F3O9/c1-24-12-14-28-31(37(24)49)16-18-38(2)32(28)17-19-39(38,50)35(47)23-52-36(48)11-6-4-3-5-10-29-30(34(46)21-33(29)45)15-13-26(44)22-51-27-9-7-8-25(20-27)40(41,42)43/h3,5,7-9,13,15-16,20,26,28-30,32-34,37,44-46,49-50H,1,4,6,10-12,14,17-19,21-23H2,2H3/b5-3-,15-13+/t26-,28-,29-,30-,32+,33+,34-,37?,38+,39+/m1/s1. The largest absolute Gasteiger partial charge is 0.491 e. The summed E-state index contributed by atoms with van der Waals surface area (Å²) in [5, 5.41) is 53.7. The molecule has 5 rings (SSSR count). The van der Waals surface area contributed by atoms with Crippen molar-refractivity contribution in [2.45, 2.75) is 107 Å². The number of aliphatic hydroxyl groups excluding tert-OH is 4. The fourth-order valence-electron chi connectivity index (χ4n) is 8.84. The lowest BCUT2D eigenvalue weighted by Gasteiger charge is -2.49. The Bertz CT molecular complexity index is 1550. The van der Waals surface area contributed by atoms with Gasteiger partial charge in [-0.2, -0.15) is 13.2 Å². The molecule has 1 aromatic carbocycles. The van der Waals surface area contributed by atoms with E-state index in [2.05, 4.69) is 6.58 Å². The van der Waals surface area contributed by atoms with E-state index in [4.69, 9.17) is 9.47 Å². The Kier molecular flexibility index (Phi) is 12.6. The molecule has 10 atom stereocenters. The van der Waals surface area contributed by atoms with Gasteiger partial charge in [-0.25, -0.2) is 0 Å². The lowest BCUT2D eigenvalue weighted by atomic mass is 9.56. The molecule has 4 aliphatic rings. The number of Topliss-reactive ketones (excluding diaryl/α,β-unsaturated/α-hetero) is 1. The van der Waals surface area contributed by atoms with Crippen LogP contribution >= 0.6 is 0 Å². The van der Waals surface area contributed by atoms with Crippen LogP contribution in [0.3, 0.4) is 0 Å². The Morgan fingerprint density at radius 2 is 1.90 bits per heavy atom. The SMILES string of the molecule is C=C1CC[C@@H]2C(=CC[C@@]3(C)[C@H]2CC[C@]3(O)C(=O)COC(=O)CCC/C=C\C[C@@H]2[C@@H](/C=C/[C@@H](O)COc3cccc(C(F)(F)F)c3)[C@H](O)C[C@@H]2O)C1O. The van der Waals surface area contributed by atoms with Gasteiger partial charge in [0.05, 0.1) is 23.9 Å². The number of esters is 1. The minimum absolute atomic E-state index is 0.0386. The summed E-state index contributed by atoms with van der Waals surface area (Å²) in [6, 6.07) is 4.34. The molecule has 3 saturated carbocycles. The van der Waals surface area contributed by atoms with Crippen molar-refractivity contribution in [1.29, 1.82) is 0 Å². The number of unbranched alkanes of at least 4 members (excludes halogenated alkanes) is 1. The zero-order valence-electron chi connectivity index (χ0n) is 29.5. The first-order valence-corrected chi connectivity index (χ1v) is 18.2. The topological polar surface area (TPSA) is 154 Å². The summed E-state index contributed by atoms with van der Waals surface area (Å²) >= 11 is 0. The van der Waals surface area contributed by atoms with Crippen LogP contribution in [0, 0.1) is 29.1 Å². The summed E-state index contributed by atoms with van der Waals surface area (Å²) in [5.74, 6) is -1.76. The first-order chi connectivity index (χ1) is 24.5. The highest BCUT2D eigenvalue weighted by molar-refractivity contribution is 5.91. The van der Waals surface area contributed by atoms with E-state index in [1.54, 1.807) is 6.08 Å². The summed E-state index contributed by atoms with van der Waals surface area (Å²) in [6.45, 7) is 5.10. The van der Waals surface area contributed by atoms with Gasteiger partial charge in [0.2, 0.25) is 5.78 Å². The van der Waals surface area contributed by atoms with Gasteiger partial charge < -0.3 is 35.0 Å². The molecule has 0 heterocycles. The van der Waals surface area contributed by atoms with E-state index in [0.29, 0.717) is 38.5 Å². The average molecular weight is 733 g/mol. The quantitative estimate of drug-likeness (QED) is 0.0963. The highest BCUT2D eigenvalue weighted by atomic mass is 19.4. The molecule has 4 aliphatic carbocycles. The second-order valence-electron chi connectivity index (χ2n) is 15.1. The molecule has 9 nitrogen and oxygen atoms in total. The maximum absolute atomic E-state index is 13.3. The van der Waals surface area contributed by atoms with Crippen molar-refractivity contribution < 1.29 is 57.8 Å². The van der Waals surface area contributed by atoms with Gasteiger partial charge in [0.25, 0.3) is 0 Å². The fourth-order valence-corrected chi connectivity index (χ4v) is 8.84. The van der Waals surface area contributed by atoms with Gasteiger partial charge in [0.15, 0.2) is 6.61 Å². The van der Waals surface area contributed by atoms with E-state index in [9.17, 15) is 48.3 Å². The second-order valence-corrected chi connectivity index (χ2v) is 15.1. The number of ketones is 1. The number of carbonyl (C=O) groups excluding carboxylic acids is 2. The van der Waals surface area contributed by atoms with Crippen LogP contribution in [-0.4, -0.2) is 80.5 Å². The number of hydrogen-bond acceptors (Lipinski definition) is 9. The number of aliphatic hydroxyl groups is 5. The van der Waals surface area contributed by atoms with Crippen LogP contribution in [-0.2, 0) is 20.5 Å². The highest BCUT2D eigenvalue weighted by Crippen LogP contribution is 2.61. The van der Waals surface area contributed by atoms with Crippen LogP contribution in [0.4, 0.5) is 13.2 Å². The first-order valence-electron chi connectivity index (χ1n) is 18.2. The van der Waals surface area contributed by atoms with Gasteiger partial charge in [-0.1, -0.05) is 49.9 Å². The van der Waals surface area contributed by atoms with Crippen LogP contribution in [0.2, 0.25) is 0 Å². The Hall–Kier alpha value is -3.29. The number of hydrogen-bond donors (Lipinski definition) is 5. The zero-order valence-corrected chi connectivity index (χ0v) is 29.5. The zero-order chi connectivity index (χ0) is 37.8. The lowest BCUT2D eigenvalue weighted by molar-refractivity contribution is -0.163. The van der Waals surface area contributed by atoms with Crippen LogP contribution in [0.15, 0.2) is 72.4 Å². The molecule has 0 spiro atoms. The Balaban J connectivity index is 1.03. The molecule has 0 aliphatic heterocycles. The molecular weight excluding hydrogens is 681 g/mol.